The van der Waals surface area contributed by atoms with Gasteiger partial charge in [-0.3, -0.25) is 0 Å². The summed E-state index contributed by atoms with van der Waals surface area (Å²) >= 11 is 0. The topological polar surface area (TPSA) is 132 Å². The molecule has 2 rings (SSSR count). The van der Waals surface area contributed by atoms with Gasteiger partial charge in [-0.2, -0.15) is 0 Å². The van der Waals surface area contributed by atoms with Gasteiger partial charge in [-0.05, 0) is 35.4 Å². The van der Waals surface area contributed by atoms with Crippen LogP contribution in [0.25, 0.3) is 11.1 Å². The van der Waals surface area contributed by atoms with E-state index in [9.17, 15) is 19.8 Å². The Hall–Kier alpha value is -1.02. The molecule has 0 aliphatic heterocycles. The van der Waals surface area contributed by atoms with E-state index in [0.29, 0.717) is 11.1 Å². The van der Waals surface area contributed by atoms with Gasteiger partial charge in [0.05, 0.1) is 11.9 Å². The largest absolute Gasteiger partial charge is 1.00 e. The van der Waals surface area contributed by atoms with Crippen LogP contribution in [-0.4, -0.2) is 11.9 Å². The van der Waals surface area contributed by atoms with Gasteiger partial charge < -0.3 is 31.3 Å². The van der Waals surface area contributed by atoms with Crippen molar-refractivity contribution in [3.63, 3.8) is 0 Å². The molecule has 2 aromatic rings. The molecule has 6 nitrogen and oxygen atoms in total. The summed E-state index contributed by atoms with van der Waals surface area (Å²) in [4.78, 5) is 21.8. The normalized spacial score (nSPS) is 9.27. The van der Waals surface area contributed by atoms with Crippen molar-refractivity contribution in [2.75, 3.05) is 11.5 Å². The van der Waals surface area contributed by atoms with Gasteiger partial charge in [-0.1, -0.05) is 12.1 Å². The zero-order chi connectivity index (χ0) is 14.9. The number of rotatable bonds is 3. The predicted molar refractivity (Wildman–Crippen MR) is 69.4 cm³/mol. The summed E-state index contributed by atoms with van der Waals surface area (Å²) in [5.41, 5.74) is 11.9. The fraction of sp³-hybridized carbons (Fsp3) is 0. The number of hydrogen-bond donors (Lipinski definition) is 2. The first kappa shape index (κ1) is 21.0. The van der Waals surface area contributed by atoms with Gasteiger partial charge in [0.25, 0.3) is 0 Å². The Kier molecular flexibility index (Phi) is 8.17. The number of hydrogen-bond acceptors (Lipinski definition) is 6. The van der Waals surface area contributed by atoms with E-state index < -0.39 is 11.9 Å². The number of anilines is 2. The van der Waals surface area contributed by atoms with E-state index in [1.54, 1.807) is 12.1 Å². The van der Waals surface area contributed by atoms with Crippen LogP contribution in [-0.2, 0) is 0 Å². The molecule has 2 aromatic carbocycles. The maximum atomic E-state index is 10.9. The SMILES string of the molecule is Nc1ccc(-c2ccc(N)c(C(=O)[O-])c2)cc1C(=O)[O-].[Na+].[Na+]. The Labute approximate surface area is 171 Å². The van der Waals surface area contributed by atoms with Gasteiger partial charge in [0.15, 0.2) is 0 Å². The Morgan fingerprint density at radius 2 is 1.05 bits per heavy atom. The van der Waals surface area contributed by atoms with Crippen molar-refractivity contribution in [3.05, 3.63) is 47.5 Å². The van der Waals surface area contributed by atoms with Crippen LogP contribution >= 0.6 is 0 Å². The van der Waals surface area contributed by atoms with E-state index in [1.165, 1.54) is 24.3 Å². The van der Waals surface area contributed by atoms with Gasteiger partial charge in [0.1, 0.15) is 0 Å². The molecule has 4 N–H and O–H groups in total. The minimum atomic E-state index is -1.40. The molecule has 0 heterocycles. The van der Waals surface area contributed by atoms with Crippen LogP contribution < -0.4 is 80.8 Å². The monoisotopic (exact) mass is 316 g/mol. The van der Waals surface area contributed by atoms with Crippen molar-refractivity contribution in [2.24, 2.45) is 0 Å². The van der Waals surface area contributed by atoms with Crippen molar-refractivity contribution in [2.45, 2.75) is 0 Å². The maximum absolute atomic E-state index is 10.9. The van der Waals surface area contributed by atoms with Crippen LogP contribution in [0.4, 0.5) is 11.4 Å². The molecule has 0 fully saturated rings. The zero-order valence-electron chi connectivity index (χ0n) is 12.3. The van der Waals surface area contributed by atoms with E-state index in [0.717, 1.165) is 0 Å². The Balaban J connectivity index is 0.00000220. The second-order valence-electron chi connectivity index (χ2n) is 4.18. The molecule has 0 atom stereocenters. The molecule has 0 bridgehead atoms. The minimum absolute atomic E-state index is 0. The Morgan fingerprint density at radius 3 is 1.32 bits per heavy atom. The van der Waals surface area contributed by atoms with Gasteiger partial charge >= 0.3 is 59.1 Å². The molecule has 102 valence electrons. The van der Waals surface area contributed by atoms with E-state index in [2.05, 4.69) is 0 Å². The molecule has 0 unspecified atom stereocenters. The summed E-state index contributed by atoms with van der Waals surface area (Å²) < 4.78 is 0. The average molecular weight is 316 g/mol. The Morgan fingerprint density at radius 1 is 0.727 bits per heavy atom. The van der Waals surface area contributed by atoms with Gasteiger partial charge in [-0.15, -0.1) is 0 Å². The summed E-state index contributed by atoms with van der Waals surface area (Å²) in [6, 6.07) is 8.61. The fourth-order valence-electron chi connectivity index (χ4n) is 1.83. The molecule has 0 amide bonds. The fourth-order valence-corrected chi connectivity index (χ4v) is 1.83. The molecule has 0 saturated heterocycles. The number of carboxylic acids is 2. The third kappa shape index (κ3) is 4.49. The molecule has 0 saturated carbocycles. The standard InChI is InChI=1S/C14H12N2O4.2Na/c15-11-3-1-7(5-9(11)13(17)18)8-2-4-12(16)10(6-8)14(19)20;;/h1-6H,15-16H2,(H,17,18)(H,19,20);;/q;2*+1/p-2. The van der Waals surface area contributed by atoms with Crippen LogP contribution in [0.1, 0.15) is 20.7 Å². The predicted octanol–water partition coefficient (Wildman–Crippen LogP) is -6.75. The van der Waals surface area contributed by atoms with Crippen LogP contribution in [0.5, 0.6) is 0 Å². The Bertz CT molecular complexity index is 658. The summed E-state index contributed by atoms with van der Waals surface area (Å²) in [6.45, 7) is 0. The van der Waals surface area contributed by atoms with Gasteiger partial charge in [0, 0.05) is 22.5 Å². The third-order valence-electron chi connectivity index (χ3n) is 2.88. The smallest absolute Gasteiger partial charge is 0.545 e. The number of nitrogens with two attached hydrogens (primary N) is 2. The van der Waals surface area contributed by atoms with Crippen molar-refractivity contribution in [1.82, 2.24) is 0 Å². The summed E-state index contributed by atoms with van der Waals surface area (Å²) in [6.07, 6.45) is 0. The molecule has 0 aliphatic rings. The quantitative estimate of drug-likeness (QED) is 0.427. The number of carboxylic acid groups (broad SMARTS) is 2. The molecule has 0 aromatic heterocycles. The van der Waals surface area contributed by atoms with Crippen molar-refractivity contribution < 1.29 is 78.9 Å². The molecule has 0 spiro atoms. The van der Waals surface area contributed by atoms with Crippen LogP contribution in [0, 0.1) is 0 Å². The second-order valence-corrected chi connectivity index (χ2v) is 4.18. The average Bonchev–Trinajstić information content (AvgIpc) is 2.39. The van der Waals surface area contributed by atoms with Gasteiger partial charge in [0.2, 0.25) is 0 Å². The van der Waals surface area contributed by atoms with Crippen LogP contribution in [0.15, 0.2) is 36.4 Å². The minimum Gasteiger partial charge on any atom is -0.545 e. The number of benzene rings is 2. The molecule has 8 heteroatoms. The maximum Gasteiger partial charge on any atom is 1.00 e. The second kappa shape index (κ2) is 8.57. The number of nitrogen functional groups attached to an aromatic ring is 2. The van der Waals surface area contributed by atoms with Crippen molar-refractivity contribution in [3.8, 4) is 11.1 Å². The molecular weight excluding hydrogens is 306 g/mol. The molecular formula is C14H10N2Na2O4. The van der Waals surface area contributed by atoms with Crippen LogP contribution in [0.2, 0.25) is 0 Å². The van der Waals surface area contributed by atoms with E-state index in [-0.39, 0.29) is 81.6 Å². The summed E-state index contributed by atoms with van der Waals surface area (Å²) in [5, 5.41) is 21.8. The van der Waals surface area contributed by atoms with Crippen molar-refractivity contribution >= 4 is 23.3 Å². The van der Waals surface area contributed by atoms with E-state index in [1.807, 2.05) is 0 Å². The van der Waals surface area contributed by atoms with E-state index >= 15 is 0 Å². The summed E-state index contributed by atoms with van der Waals surface area (Å²) in [5.74, 6) is -2.81. The molecule has 0 radical (unpaired) electrons. The van der Waals surface area contributed by atoms with Crippen LogP contribution in [0.3, 0.4) is 0 Å². The third-order valence-corrected chi connectivity index (χ3v) is 2.88. The first-order chi connectivity index (χ1) is 9.40. The number of carbonyl (C=O) groups excluding carboxylic acids is 2. The molecule has 0 aliphatic carbocycles. The van der Waals surface area contributed by atoms with Crippen molar-refractivity contribution in [1.29, 1.82) is 0 Å². The first-order valence-corrected chi connectivity index (χ1v) is 5.62. The van der Waals surface area contributed by atoms with Gasteiger partial charge in [-0.25, -0.2) is 0 Å². The number of carbonyl (C=O) groups is 2. The molecule has 22 heavy (non-hydrogen) atoms. The number of aromatic carboxylic acids is 2. The van der Waals surface area contributed by atoms with E-state index in [4.69, 9.17) is 11.5 Å². The zero-order valence-corrected chi connectivity index (χ0v) is 16.3. The summed E-state index contributed by atoms with van der Waals surface area (Å²) in [7, 11) is 0. The first-order valence-electron chi connectivity index (χ1n) is 5.62.